The molecule has 3 rings (SSSR count). The molecule has 6 nitrogen and oxygen atoms in total. The van der Waals surface area contributed by atoms with E-state index < -0.39 is 0 Å². The quantitative estimate of drug-likeness (QED) is 0.757. The van der Waals surface area contributed by atoms with E-state index in [4.69, 9.17) is 0 Å². The van der Waals surface area contributed by atoms with Gasteiger partial charge in [-0.1, -0.05) is 6.92 Å². The van der Waals surface area contributed by atoms with Gasteiger partial charge in [0.05, 0.1) is 11.4 Å². The molecule has 2 aromatic rings. The van der Waals surface area contributed by atoms with Gasteiger partial charge in [-0.05, 0) is 31.8 Å². The van der Waals surface area contributed by atoms with Crippen molar-refractivity contribution in [1.29, 1.82) is 0 Å². The number of hydrogen-bond acceptors (Lipinski definition) is 6. The van der Waals surface area contributed by atoms with Crippen LogP contribution in [0, 0.1) is 5.92 Å². The molecule has 2 aromatic heterocycles. The summed E-state index contributed by atoms with van der Waals surface area (Å²) in [5.74, 6) is 1.48. The molecule has 1 unspecified atom stereocenters. The molecule has 0 aromatic carbocycles. The van der Waals surface area contributed by atoms with E-state index in [1.165, 1.54) is 53.4 Å². The maximum atomic E-state index is 12.0. The summed E-state index contributed by atoms with van der Waals surface area (Å²) in [6, 6.07) is 1.54. The van der Waals surface area contributed by atoms with Gasteiger partial charge in [-0.2, -0.15) is 0 Å². The molecule has 0 bridgehead atoms. The SMILES string of the molecule is CC(CNC(=O)CSCc1cc(=O)n2ccsc2n1)CN1CCCC1. The first-order valence-electron chi connectivity index (χ1n) is 8.64. The number of nitrogens with one attached hydrogen (secondary N) is 1. The molecule has 25 heavy (non-hydrogen) atoms. The lowest BCUT2D eigenvalue weighted by Crippen LogP contribution is -2.35. The largest absolute Gasteiger partial charge is 0.355 e. The highest BCUT2D eigenvalue weighted by molar-refractivity contribution is 7.99. The van der Waals surface area contributed by atoms with Gasteiger partial charge in [0.2, 0.25) is 5.91 Å². The molecule has 0 radical (unpaired) electrons. The smallest absolute Gasteiger partial charge is 0.258 e. The third kappa shape index (κ3) is 5.29. The summed E-state index contributed by atoms with van der Waals surface area (Å²) in [6.45, 7) is 6.34. The standard InChI is InChI=1S/C17H24N4O2S2/c1-13(10-20-4-2-3-5-20)9-18-15(22)12-24-11-14-8-16(23)21-6-7-25-17(21)19-14/h6-8,13H,2-5,9-12H2,1H3,(H,18,22). The van der Waals surface area contributed by atoms with Crippen LogP contribution in [0.25, 0.3) is 4.96 Å². The minimum Gasteiger partial charge on any atom is -0.355 e. The first kappa shape index (κ1) is 18.4. The topological polar surface area (TPSA) is 66.7 Å². The number of likely N-dealkylation sites (tertiary alicyclic amines) is 1. The highest BCUT2D eigenvalue weighted by atomic mass is 32.2. The Morgan fingerprint density at radius 2 is 2.24 bits per heavy atom. The molecule has 3 heterocycles. The van der Waals surface area contributed by atoms with Gasteiger partial charge in [-0.15, -0.1) is 23.1 Å². The molecular weight excluding hydrogens is 356 g/mol. The fraction of sp³-hybridized carbons (Fsp3) is 0.588. The number of amides is 1. The van der Waals surface area contributed by atoms with Crippen LogP contribution in [0.4, 0.5) is 0 Å². The highest BCUT2D eigenvalue weighted by Crippen LogP contribution is 2.12. The maximum absolute atomic E-state index is 12.0. The molecule has 1 fully saturated rings. The van der Waals surface area contributed by atoms with E-state index in [9.17, 15) is 9.59 Å². The molecule has 0 aliphatic carbocycles. The van der Waals surface area contributed by atoms with Gasteiger partial charge in [0, 0.05) is 36.5 Å². The number of thiazole rings is 1. The van der Waals surface area contributed by atoms with Crippen LogP contribution in [-0.2, 0) is 10.5 Å². The number of aromatic nitrogens is 2. The summed E-state index contributed by atoms with van der Waals surface area (Å²) in [4.78, 5) is 31.5. The van der Waals surface area contributed by atoms with Crippen LogP contribution in [0.5, 0.6) is 0 Å². The Bertz CT molecular complexity index is 767. The van der Waals surface area contributed by atoms with E-state index in [0.29, 0.717) is 22.4 Å². The van der Waals surface area contributed by atoms with Crippen molar-refractivity contribution in [3.05, 3.63) is 33.7 Å². The second kappa shape index (κ2) is 8.82. The van der Waals surface area contributed by atoms with Gasteiger partial charge < -0.3 is 10.2 Å². The van der Waals surface area contributed by atoms with Crippen LogP contribution in [0.1, 0.15) is 25.5 Å². The second-order valence-electron chi connectivity index (χ2n) is 6.55. The van der Waals surface area contributed by atoms with E-state index in [1.54, 1.807) is 12.3 Å². The van der Waals surface area contributed by atoms with E-state index in [-0.39, 0.29) is 11.5 Å². The summed E-state index contributed by atoms with van der Waals surface area (Å²) in [5.41, 5.74) is 0.662. The van der Waals surface area contributed by atoms with Crippen molar-refractivity contribution in [2.45, 2.75) is 25.5 Å². The van der Waals surface area contributed by atoms with Crippen molar-refractivity contribution in [3.63, 3.8) is 0 Å². The zero-order valence-electron chi connectivity index (χ0n) is 14.4. The Balaban J connectivity index is 1.37. The van der Waals surface area contributed by atoms with Crippen molar-refractivity contribution >= 4 is 34.0 Å². The molecule has 1 amide bonds. The number of fused-ring (bicyclic) bond motifs is 1. The summed E-state index contributed by atoms with van der Waals surface area (Å²) >= 11 is 2.93. The van der Waals surface area contributed by atoms with Crippen LogP contribution in [-0.4, -0.2) is 52.1 Å². The fourth-order valence-electron chi connectivity index (χ4n) is 3.02. The number of nitrogens with zero attached hydrogens (tertiary/aromatic N) is 3. The second-order valence-corrected chi connectivity index (χ2v) is 8.41. The van der Waals surface area contributed by atoms with Gasteiger partial charge >= 0.3 is 0 Å². The van der Waals surface area contributed by atoms with Gasteiger partial charge in [0.25, 0.3) is 5.56 Å². The number of thioether (sulfide) groups is 1. The van der Waals surface area contributed by atoms with E-state index in [2.05, 4.69) is 22.1 Å². The van der Waals surface area contributed by atoms with Crippen molar-refractivity contribution in [2.75, 3.05) is 31.9 Å². The summed E-state index contributed by atoms with van der Waals surface area (Å²) in [5, 5.41) is 4.85. The summed E-state index contributed by atoms with van der Waals surface area (Å²) < 4.78 is 1.54. The molecule has 1 aliphatic heterocycles. The Labute approximate surface area is 155 Å². The normalized spacial score (nSPS) is 16.4. The van der Waals surface area contributed by atoms with E-state index in [0.717, 1.165) is 18.8 Å². The monoisotopic (exact) mass is 380 g/mol. The fourth-order valence-corrected chi connectivity index (χ4v) is 4.50. The number of carbonyl (C=O) groups excluding carboxylic acids is 1. The van der Waals surface area contributed by atoms with Crippen LogP contribution in [0.3, 0.4) is 0 Å². The lowest BCUT2D eigenvalue weighted by atomic mass is 10.1. The van der Waals surface area contributed by atoms with Crippen LogP contribution in [0.2, 0.25) is 0 Å². The molecule has 1 aliphatic rings. The van der Waals surface area contributed by atoms with Gasteiger partial charge in [0.1, 0.15) is 0 Å². The van der Waals surface area contributed by atoms with Crippen molar-refractivity contribution < 1.29 is 4.79 Å². The zero-order valence-corrected chi connectivity index (χ0v) is 16.1. The molecule has 136 valence electrons. The first-order chi connectivity index (χ1) is 12.1. The Morgan fingerprint density at radius 1 is 1.44 bits per heavy atom. The van der Waals surface area contributed by atoms with Crippen LogP contribution >= 0.6 is 23.1 Å². The predicted molar refractivity (Wildman–Crippen MR) is 103 cm³/mol. The van der Waals surface area contributed by atoms with E-state index >= 15 is 0 Å². The lowest BCUT2D eigenvalue weighted by molar-refractivity contribution is -0.118. The summed E-state index contributed by atoms with van der Waals surface area (Å²) in [7, 11) is 0. The maximum Gasteiger partial charge on any atom is 0.258 e. The third-order valence-corrected chi connectivity index (χ3v) is 5.98. The average Bonchev–Trinajstić information content (AvgIpc) is 3.24. The van der Waals surface area contributed by atoms with Gasteiger partial charge in [-0.3, -0.25) is 14.0 Å². The van der Waals surface area contributed by atoms with Crippen LogP contribution < -0.4 is 10.9 Å². The zero-order chi connectivity index (χ0) is 17.6. The minimum absolute atomic E-state index is 0.0483. The molecule has 0 spiro atoms. The Kier molecular flexibility index (Phi) is 6.50. The van der Waals surface area contributed by atoms with Gasteiger partial charge in [-0.25, -0.2) is 4.98 Å². The van der Waals surface area contributed by atoms with Crippen molar-refractivity contribution in [1.82, 2.24) is 19.6 Å². The van der Waals surface area contributed by atoms with Crippen LogP contribution in [0.15, 0.2) is 22.4 Å². The Morgan fingerprint density at radius 3 is 3.04 bits per heavy atom. The highest BCUT2D eigenvalue weighted by Gasteiger charge is 2.15. The number of hydrogen-bond donors (Lipinski definition) is 1. The number of rotatable bonds is 8. The Hall–Kier alpha value is -1.38. The lowest BCUT2D eigenvalue weighted by Gasteiger charge is -2.20. The molecule has 1 saturated heterocycles. The third-order valence-electron chi connectivity index (χ3n) is 4.26. The molecule has 8 heteroatoms. The van der Waals surface area contributed by atoms with Crippen molar-refractivity contribution in [3.8, 4) is 0 Å². The van der Waals surface area contributed by atoms with E-state index in [1.807, 2.05) is 5.38 Å². The first-order valence-corrected chi connectivity index (χ1v) is 10.7. The molecule has 0 saturated carbocycles. The summed E-state index contributed by atoms with van der Waals surface area (Å²) in [6.07, 6.45) is 4.32. The minimum atomic E-state index is -0.0676. The average molecular weight is 381 g/mol. The molecule has 1 atom stereocenters. The molecule has 1 N–H and O–H groups in total. The van der Waals surface area contributed by atoms with Crippen molar-refractivity contribution in [2.24, 2.45) is 5.92 Å². The molecular formula is C17H24N4O2S2. The predicted octanol–water partition coefficient (Wildman–Crippen LogP) is 1.84. The van der Waals surface area contributed by atoms with Gasteiger partial charge in [0.15, 0.2) is 4.96 Å². The number of carbonyl (C=O) groups is 1.